The van der Waals surface area contributed by atoms with Gasteiger partial charge in [0.1, 0.15) is 6.10 Å². The molecule has 0 fully saturated rings. The molecule has 114 valence electrons. The normalized spacial score (nSPS) is 12.6. The Morgan fingerprint density at radius 3 is 2.50 bits per heavy atom. The number of hydrogen-bond donors (Lipinski definition) is 1. The third-order valence-electron chi connectivity index (χ3n) is 3.07. The molecule has 0 saturated heterocycles. The van der Waals surface area contributed by atoms with Crippen LogP contribution in [-0.4, -0.2) is 45.3 Å². The number of aliphatic hydroxyl groups excluding tert-OH is 1. The van der Waals surface area contributed by atoms with Gasteiger partial charge in [-0.1, -0.05) is 23.8 Å². The van der Waals surface area contributed by atoms with E-state index in [0.29, 0.717) is 33.0 Å². The van der Waals surface area contributed by atoms with Gasteiger partial charge in [0, 0.05) is 20.3 Å². The van der Waals surface area contributed by atoms with Crippen LogP contribution in [0.5, 0.6) is 0 Å². The Labute approximate surface area is 121 Å². The number of methoxy groups -OCH3 is 1. The number of benzene rings is 1. The lowest BCUT2D eigenvalue weighted by molar-refractivity contribution is 0.0180. The first kappa shape index (κ1) is 17.1. The van der Waals surface area contributed by atoms with Crippen LogP contribution in [0.25, 0.3) is 0 Å². The Morgan fingerprint density at radius 1 is 1.05 bits per heavy atom. The first-order valence-corrected chi connectivity index (χ1v) is 7.04. The Morgan fingerprint density at radius 2 is 1.80 bits per heavy atom. The van der Waals surface area contributed by atoms with Gasteiger partial charge in [-0.05, 0) is 31.4 Å². The molecule has 0 radical (unpaired) electrons. The zero-order valence-corrected chi connectivity index (χ0v) is 12.7. The molecule has 0 amide bonds. The lowest BCUT2D eigenvalue weighted by Crippen LogP contribution is -2.11. The first-order chi connectivity index (χ1) is 9.65. The van der Waals surface area contributed by atoms with Crippen LogP contribution in [0.2, 0.25) is 0 Å². The molecular weight excluding hydrogens is 256 g/mol. The maximum Gasteiger partial charge on any atom is 0.103 e. The SMILES string of the molecule is COCCOCCCOCC(O)c1ccc(C)cc1C. The summed E-state index contributed by atoms with van der Waals surface area (Å²) < 4.78 is 15.7. The van der Waals surface area contributed by atoms with E-state index in [2.05, 4.69) is 6.07 Å². The number of rotatable bonds is 10. The smallest absolute Gasteiger partial charge is 0.103 e. The molecule has 0 saturated carbocycles. The summed E-state index contributed by atoms with van der Waals surface area (Å²) in [7, 11) is 1.65. The standard InChI is InChI=1S/C16H26O4/c1-13-5-6-15(14(2)11-13)16(17)12-20-8-4-7-19-10-9-18-3/h5-6,11,16-17H,4,7-10,12H2,1-3H3. The van der Waals surface area contributed by atoms with Crippen molar-refractivity contribution >= 4 is 0 Å². The molecule has 1 atom stereocenters. The minimum Gasteiger partial charge on any atom is -0.386 e. The topological polar surface area (TPSA) is 47.9 Å². The summed E-state index contributed by atoms with van der Waals surface area (Å²) in [6, 6.07) is 6.05. The van der Waals surface area contributed by atoms with Gasteiger partial charge >= 0.3 is 0 Å². The van der Waals surface area contributed by atoms with Crippen molar-refractivity contribution in [2.75, 3.05) is 40.1 Å². The van der Waals surface area contributed by atoms with Crippen molar-refractivity contribution in [1.82, 2.24) is 0 Å². The van der Waals surface area contributed by atoms with Gasteiger partial charge < -0.3 is 19.3 Å². The van der Waals surface area contributed by atoms with Crippen molar-refractivity contribution in [3.05, 3.63) is 34.9 Å². The molecule has 1 aromatic rings. The molecule has 1 N–H and O–H groups in total. The third kappa shape index (κ3) is 6.48. The molecule has 0 aliphatic heterocycles. The molecule has 0 heterocycles. The summed E-state index contributed by atoms with van der Waals surface area (Å²) in [5.74, 6) is 0. The van der Waals surface area contributed by atoms with Crippen molar-refractivity contribution in [2.45, 2.75) is 26.4 Å². The molecule has 0 aliphatic carbocycles. The van der Waals surface area contributed by atoms with Crippen molar-refractivity contribution in [3.63, 3.8) is 0 Å². The van der Waals surface area contributed by atoms with Crippen molar-refractivity contribution in [3.8, 4) is 0 Å². The second-order valence-corrected chi connectivity index (χ2v) is 4.91. The summed E-state index contributed by atoms with van der Waals surface area (Å²) in [4.78, 5) is 0. The van der Waals surface area contributed by atoms with E-state index in [0.717, 1.165) is 17.5 Å². The van der Waals surface area contributed by atoms with Crippen molar-refractivity contribution < 1.29 is 19.3 Å². The van der Waals surface area contributed by atoms with Gasteiger partial charge in [0.25, 0.3) is 0 Å². The van der Waals surface area contributed by atoms with Crippen LogP contribution in [0.15, 0.2) is 18.2 Å². The Kier molecular flexibility index (Phi) is 8.46. The third-order valence-corrected chi connectivity index (χ3v) is 3.07. The lowest BCUT2D eigenvalue weighted by Gasteiger charge is -2.14. The maximum absolute atomic E-state index is 10.1. The van der Waals surface area contributed by atoms with Gasteiger partial charge in [-0.25, -0.2) is 0 Å². The summed E-state index contributed by atoms with van der Waals surface area (Å²) in [5, 5.41) is 10.1. The second-order valence-electron chi connectivity index (χ2n) is 4.91. The van der Waals surface area contributed by atoms with Gasteiger partial charge in [0.2, 0.25) is 0 Å². The molecule has 0 aromatic heterocycles. The van der Waals surface area contributed by atoms with E-state index in [1.54, 1.807) is 7.11 Å². The molecule has 4 heteroatoms. The van der Waals surface area contributed by atoms with Gasteiger partial charge in [-0.3, -0.25) is 0 Å². The van der Waals surface area contributed by atoms with Crippen LogP contribution in [0.1, 0.15) is 29.2 Å². The number of ether oxygens (including phenoxy) is 3. The molecule has 1 unspecified atom stereocenters. The predicted molar refractivity (Wildman–Crippen MR) is 79.0 cm³/mol. The minimum atomic E-state index is -0.565. The van der Waals surface area contributed by atoms with E-state index < -0.39 is 6.10 Å². The van der Waals surface area contributed by atoms with E-state index in [4.69, 9.17) is 14.2 Å². The van der Waals surface area contributed by atoms with Gasteiger partial charge in [0.05, 0.1) is 19.8 Å². The van der Waals surface area contributed by atoms with Gasteiger partial charge in [-0.15, -0.1) is 0 Å². The molecule has 1 aromatic carbocycles. The average Bonchev–Trinajstić information content (AvgIpc) is 2.41. The first-order valence-electron chi connectivity index (χ1n) is 7.04. The van der Waals surface area contributed by atoms with Crippen molar-refractivity contribution in [1.29, 1.82) is 0 Å². The fourth-order valence-electron chi connectivity index (χ4n) is 1.99. The van der Waals surface area contributed by atoms with Gasteiger partial charge in [0.15, 0.2) is 0 Å². The van der Waals surface area contributed by atoms with Gasteiger partial charge in [-0.2, -0.15) is 0 Å². The zero-order valence-electron chi connectivity index (χ0n) is 12.7. The Bertz CT molecular complexity index is 379. The van der Waals surface area contributed by atoms with E-state index in [1.807, 2.05) is 26.0 Å². The second kappa shape index (κ2) is 9.88. The molecule has 0 aliphatic rings. The zero-order chi connectivity index (χ0) is 14.8. The van der Waals surface area contributed by atoms with Crippen molar-refractivity contribution in [2.24, 2.45) is 0 Å². The summed E-state index contributed by atoms with van der Waals surface area (Å²) in [6.07, 6.45) is 0.258. The van der Waals surface area contributed by atoms with Crippen LogP contribution >= 0.6 is 0 Å². The summed E-state index contributed by atoms with van der Waals surface area (Å²) >= 11 is 0. The highest BCUT2D eigenvalue weighted by molar-refractivity contribution is 5.31. The number of aliphatic hydroxyl groups is 1. The fourth-order valence-corrected chi connectivity index (χ4v) is 1.99. The fraction of sp³-hybridized carbons (Fsp3) is 0.625. The van der Waals surface area contributed by atoms with Crippen LogP contribution in [0.4, 0.5) is 0 Å². The van der Waals surface area contributed by atoms with Crippen LogP contribution in [-0.2, 0) is 14.2 Å². The lowest BCUT2D eigenvalue weighted by atomic mass is 10.0. The summed E-state index contributed by atoms with van der Waals surface area (Å²) in [5.41, 5.74) is 3.24. The quantitative estimate of drug-likeness (QED) is 0.669. The van der Waals surface area contributed by atoms with Crippen LogP contribution < -0.4 is 0 Å². The largest absolute Gasteiger partial charge is 0.386 e. The van der Waals surface area contributed by atoms with E-state index >= 15 is 0 Å². The molecule has 4 nitrogen and oxygen atoms in total. The monoisotopic (exact) mass is 282 g/mol. The predicted octanol–water partition coefficient (Wildman–Crippen LogP) is 2.41. The maximum atomic E-state index is 10.1. The van der Waals surface area contributed by atoms with Crippen LogP contribution in [0, 0.1) is 13.8 Å². The minimum absolute atomic E-state index is 0.321. The highest BCUT2D eigenvalue weighted by atomic mass is 16.5. The average molecular weight is 282 g/mol. The number of hydrogen-bond acceptors (Lipinski definition) is 4. The highest BCUT2D eigenvalue weighted by Crippen LogP contribution is 2.19. The number of aryl methyl sites for hydroxylation is 2. The van der Waals surface area contributed by atoms with E-state index in [-0.39, 0.29) is 0 Å². The summed E-state index contributed by atoms with van der Waals surface area (Å²) in [6.45, 7) is 6.85. The Balaban J connectivity index is 2.15. The molecule has 1 rings (SSSR count). The molecular formula is C16H26O4. The van der Waals surface area contributed by atoms with E-state index in [9.17, 15) is 5.11 Å². The van der Waals surface area contributed by atoms with Crippen LogP contribution in [0.3, 0.4) is 0 Å². The highest BCUT2D eigenvalue weighted by Gasteiger charge is 2.10. The molecule has 0 bridgehead atoms. The van der Waals surface area contributed by atoms with E-state index in [1.165, 1.54) is 5.56 Å². The molecule has 0 spiro atoms. The molecule has 20 heavy (non-hydrogen) atoms. The Hall–Kier alpha value is -0.940.